The van der Waals surface area contributed by atoms with Crippen LogP contribution in [-0.4, -0.2) is 13.3 Å². The molecule has 0 N–H and O–H groups in total. The first-order chi connectivity index (χ1) is 9.48. The van der Waals surface area contributed by atoms with Crippen LogP contribution in [0.3, 0.4) is 0 Å². The first-order valence-corrected chi connectivity index (χ1v) is 6.74. The van der Waals surface area contributed by atoms with Crippen molar-refractivity contribution in [3.8, 4) is 11.5 Å². The molecular formula is C12H9NO6S. The maximum atomic E-state index is 11.7. The van der Waals surface area contributed by atoms with E-state index < -0.39 is 26.8 Å². The molecule has 0 unspecified atom stereocenters. The minimum atomic E-state index is -4.45. The van der Waals surface area contributed by atoms with Crippen molar-refractivity contribution in [3.05, 3.63) is 64.7 Å². The highest BCUT2D eigenvalue weighted by atomic mass is 32.3. The average Bonchev–Trinajstić information content (AvgIpc) is 2.39. The van der Waals surface area contributed by atoms with Gasteiger partial charge in [-0.2, -0.15) is 0 Å². The number of nitro benzene ring substituents is 1. The zero-order valence-electron chi connectivity index (χ0n) is 10.0. The lowest BCUT2D eigenvalue weighted by Gasteiger charge is -2.07. The molecule has 0 aliphatic heterocycles. The number of benzene rings is 2. The molecule has 0 heterocycles. The van der Waals surface area contributed by atoms with Crippen molar-refractivity contribution in [2.75, 3.05) is 0 Å². The van der Waals surface area contributed by atoms with E-state index in [0.717, 1.165) is 6.07 Å². The van der Waals surface area contributed by atoms with E-state index in [1.54, 1.807) is 18.2 Å². The molecule has 8 heteroatoms. The average molecular weight is 295 g/mol. The number of hydrogen-bond acceptors (Lipinski definition) is 6. The summed E-state index contributed by atoms with van der Waals surface area (Å²) in [6.07, 6.45) is 0. The van der Waals surface area contributed by atoms with Crippen molar-refractivity contribution in [1.82, 2.24) is 0 Å². The number of nitro groups is 1. The Bertz CT molecular complexity index is 714. The van der Waals surface area contributed by atoms with E-state index in [1.807, 2.05) is 0 Å². The zero-order valence-corrected chi connectivity index (χ0v) is 10.8. The van der Waals surface area contributed by atoms with Crippen LogP contribution in [0.5, 0.6) is 11.5 Å². The topological polar surface area (TPSA) is 95.7 Å². The van der Waals surface area contributed by atoms with Gasteiger partial charge in [0.1, 0.15) is 5.75 Å². The summed E-state index contributed by atoms with van der Waals surface area (Å²) < 4.78 is 32.6. The third-order valence-corrected chi connectivity index (χ3v) is 2.98. The molecule has 2 aromatic carbocycles. The van der Waals surface area contributed by atoms with Gasteiger partial charge in [0.2, 0.25) is 5.75 Å². The molecule has 0 bridgehead atoms. The molecule has 104 valence electrons. The summed E-state index contributed by atoms with van der Waals surface area (Å²) in [7, 11) is -4.45. The Morgan fingerprint density at radius 2 is 1.50 bits per heavy atom. The van der Waals surface area contributed by atoms with E-state index >= 15 is 0 Å². The van der Waals surface area contributed by atoms with E-state index in [4.69, 9.17) is 0 Å². The van der Waals surface area contributed by atoms with Crippen LogP contribution >= 0.6 is 0 Å². The molecule has 20 heavy (non-hydrogen) atoms. The molecule has 0 aliphatic rings. The minimum Gasteiger partial charge on any atom is -0.353 e. The lowest BCUT2D eigenvalue weighted by molar-refractivity contribution is -0.385. The van der Waals surface area contributed by atoms with Gasteiger partial charge in [0.05, 0.1) is 4.92 Å². The van der Waals surface area contributed by atoms with Crippen LogP contribution in [0.25, 0.3) is 0 Å². The summed E-state index contributed by atoms with van der Waals surface area (Å²) in [5.74, 6) is -0.362. The van der Waals surface area contributed by atoms with Crippen molar-refractivity contribution in [2.45, 2.75) is 0 Å². The fourth-order valence-corrected chi connectivity index (χ4v) is 2.14. The molecule has 0 aliphatic carbocycles. The molecule has 0 fully saturated rings. The Balaban J connectivity index is 2.23. The van der Waals surface area contributed by atoms with Crippen LogP contribution in [0.15, 0.2) is 54.6 Å². The number of hydrogen-bond donors (Lipinski definition) is 0. The fourth-order valence-electron chi connectivity index (χ4n) is 1.40. The third-order valence-electron chi connectivity index (χ3n) is 2.20. The monoisotopic (exact) mass is 295 g/mol. The molecule has 0 saturated carbocycles. The second-order valence-corrected chi connectivity index (χ2v) is 4.76. The fraction of sp³-hybridized carbons (Fsp3) is 0. The van der Waals surface area contributed by atoms with Gasteiger partial charge in [0, 0.05) is 6.07 Å². The summed E-state index contributed by atoms with van der Waals surface area (Å²) in [5.41, 5.74) is -0.465. The summed E-state index contributed by atoms with van der Waals surface area (Å²) >= 11 is 0. The SMILES string of the molecule is O=[N+]([O-])c1ccccc1OS(=O)(=O)Oc1ccccc1. The lowest BCUT2D eigenvalue weighted by Crippen LogP contribution is -2.17. The van der Waals surface area contributed by atoms with Crippen LogP contribution in [-0.2, 0) is 10.4 Å². The van der Waals surface area contributed by atoms with E-state index in [9.17, 15) is 18.5 Å². The molecule has 7 nitrogen and oxygen atoms in total. The van der Waals surface area contributed by atoms with Crippen molar-refractivity contribution in [2.24, 2.45) is 0 Å². The Morgan fingerprint density at radius 3 is 2.15 bits per heavy atom. The van der Waals surface area contributed by atoms with E-state index in [-0.39, 0.29) is 5.75 Å². The van der Waals surface area contributed by atoms with E-state index in [2.05, 4.69) is 8.37 Å². The van der Waals surface area contributed by atoms with Gasteiger partial charge >= 0.3 is 16.1 Å². The number of para-hydroxylation sites is 3. The molecule has 0 saturated heterocycles. The van der Waals surface area contributed by atoms with Crippen molar-refractivity contribution in [3.63, 3.8) is 0 Å². The Kier molecular flexibility index (Phi) is 3.85. The molecule has 0 spiro atoms. The van der Waals surface area contributed by atoms with Gasteiger partial charge in [0.25, 0.3) is 0 Å². The predicted octanol–water partition coefficient (Wildman–Crippen LogP) is 2.30. The standard InChI is InChI=1S/C12H9NO6S/c14-13(15)11-8-4-5-9-12(11)19-20(16,17)18-10-6-2-1-3-7-10/h1-9H. The van der Waals surface area contributed by atoms with Gasteiger partial charge in [-0.25, -0.2) is 0 Å². The second kappa shape index (κ2) is 5.57. The first-order valence-electron chi connectivity index (χ1n) is 5.40. The van der Waals surface area contributed by atoms with Gasteiger partial charge in [-0.1, -0.05) is 30.3 Å². The molecule has 0 radical (unpaired) electrons. The van der Waals surface area contributed by atoms with Crippen molar-refractivity contribution in [1.29, 1.82) is 0 Å². The van der Waals surface area contributed by atoms with Crippen LogP contribution < -0.4 is 8.37 Å². The summed E-state index contributed by atoms with van der Waals surface area (Å²) in [6.45, 7) is 0. The Morgan fingerprint density at radius 1 is 0.900 bits per heavy atom. The van der Waals surface area contributed by atoms with E-state index in [0.29, 0.717) is 0 Å². The van der Waals surface area contributed by atoms with Crippen molar-refractivity contribution >= 4 is 16.1 Å². The van der Waals surface area contributed by atoms with Crippen LogP contribution in [0.4, 0.5) is 5.69 Å². The summed E-state index contributed by atoms with van der Waals surface area (Å²) in [4.78, 5) is 10.0. The Hall–Kier alpha value is -2.61. The maximum Gasteiger partial charge on any atom is 0.501 e. The molecule has 0 aromatic heterocycles. The zero-order chi connectivity index (χ0) is 14.6. The summed E-state index contributed by atoms with van der Waals surface area (Å²) in [5, 5.41) is 10.8. The minimum absolute atomic E-state index is 0.0473. The second-order valence-electron chi connectivity index (χ2n) is 3.61. The van der Waals surface area contributed by atoms with E-state index in [1.165, 1.54) is 30.3 Å². The summed E-state index contributed by atoms with van der Waals surface area (Å²) in [6, 6.07) is 12.8. The van der Waals surface area contributed by atoms with Crippen LogP contribution in [0.2, 0.25) is 0 Å². The van der Waals surface area contributed by atoms with Crippen LogP contribution in [0.1, 0.15) is 0 Å². The molecule has 2 rings (SSSR count). The van der Waals surface area contributed by atoms with Gasteiger partial charge in [0.15, 0.2) is 0 Å². The van der Waals surface area contributed by atoms with Gasteiger partial charge in [-0.15, -0.1) is 8.42 Å². The highest BCUT2D eigenvalue weighted by Gasteiger charge is 2.22. The normalized spacial score (nSPS) is 10.8. The van der Waals surface area contributed by atoms with Gasteiger partial charge in [-0.05, 0) is 18.2 Å². The van der Waals surface area contributed by atoms with Gasteiger partial charge < -0.3 is 8.37 Å². The smallest absolute Gasteiger partial charge is 0.353 e. The molecule has 2 aromatic rings. The third kappa shape index (κ3) is 3.45. The highest BCUT2D eigenvalue weighted by Crippen LogP contribution is 2.27. The largest absolute Gasteiger partial charge is 0.501 e. The van der Waals surface area contributed by atoms with Crippen molar-refractivity contribution < 1.29 is 21.7 Å². The highest BCUT2D eigenvalue weighted by molar-refractivity contribution is 7.82. The predicted molar refractivity (Wildman–Crippen MR) is 69.7 cm³/mol. The molecule has 0 atom stereocenters. The number of nitrogens with zero attached hydrogens (tertiary/aromatic N) is 1. The van der Waals surface area contributed by atoms with Gasteiger partial charge in [-0.3, -0.25) is 10.1 Å². The lowest BCUT2D eigenvalue weighted by atomic mass is 10.3. The first kappa shape index (κ1) is 13.8. The molecular weight excluding hydrogens is 286 g/mol. The maximum absolute atomic E-state index is 11.7. The quantitative estimate of drug-likeness (QED) is 0.620. The number of rotatable bonds is 5. The molecule has 0 amide bonds. The Labute approximate surface area is 114 Å². The van der Waals surface area contributed by atoms with Crippen LogP contribution in [0, 0.1) is 10.1 Å².